The number of nitrogens with two attached hydrogens (primary N) is 1. The summed E-state index contributed by atoms with van der Waals surface area (Å²) in [6.07, 6.45) is 7.37. The van der Waals surface area contributed by atoms with Crippen molar-refractivity contribution in [1.29, 1.82) is 0 Å². The number of hydrogen-bond donors (Lipinski definition) is 1. The van der Waals surface area contributed by atoms with Crippen LogP contribution in [0.3, 0.4) is 0 Å². The number of halogens is 1. The highest BCUT2D eigenvalue weighted by Crippen LogP contribution is 2.36. The first-order chi connectivity index (χ1) is 12.8. The Morgan fingerprint density at radius 1 is 1.29 bits per heavy atom. The number of aromatic nitrogens is 3. The average molecular weight is 430 g/mol. The number of hydrogen-bond acceptors (Lipinski definition) is 6. The summed E-state index contributed by atoms with van der Waals surface area (Å²) in [7, 11) is -1.75. The van der Waals surface area contributed by atoms with E-state index in [1.54, 1.807) is 28.2 Å². The maximum atomic E-state index is 13.0. The van der Waals surface area contributed by atoms with Crippen LogP contribution in [0.15, 0.2) is 21.7 Å². The van der Waals surface area contributed by atoms with Gasteiger partial charge in [0, 0.05) is 26.3 Å². The molecule has 0 amide bonds. The molecule has 1 saturated carbocycles. The fraction of sp³-hybridized carbons (Fsp3) is 0.667. The van der Waals surface area contributed by atoms with Crippen LogP contribution in [-0.4, -0.2) is 40.5 Å². The Morgan fingerprint density at radius 2 is 2.00 bits per heavy atom. The van der Waals surface area contributed by atoms with E-state index < -0.39 is 15.6 Å². The van der Waals surface area contributed by atoms with Gasteiger partial charge in [0.25, 0.3) is 5.89 Å². The summed E-state index contributed by atoms with van der Waals surface area (Å²) in [5.41, 5.74) is 6.45. The highest BCUT2D eigenvalue weighted by Gasteiger charge is 2.36. The summed E-state index contributed by atoms with van der Waals surface area (Å²) >= 11 is 0. The van der Waals surface area contributed by atoms with E-state index in [9.17, 15) is 8.42 Å². The molecule has 1 atom stereocenters. The van der Waals surface area contributed by atoms with Gasteiger partial charge in [0.2, 0.25) is 10.0 Å². The van der Waals surface area contributed by atoms with E-state index >= 15 is 0 Å². The van der Waals surface area contributed by atoms with Gasteiger partial charge in [0.15, 0.2) is 5.82 Å². The highest BCUT2D eigenvalue weighted by atomic mass is 35.5. The van der Waals surface area contributed by atoms with E-state index in [1.807, 2.05) is 0 Å². The van der Waals surface area contributed by atoms with Gasteiger partial charge in [0.1, 0.15) is 10.6 Å². The number of sulfonamides is 1. The minimum absolute atomic E-state index is 0. The van der Waals surface area contributed by atoms with Crippen LogP contribution < -0.4 is 5.73 Å². The molecule has 8 nitrogen and oxygen atoms in total. The Hall–Kier alpha value is -1.42. The summed E-state index contributed by atoms with van der Waals surface area (Å²) < 4.78 is 34.8. The Kier molecular flexibility index (Phi) is 5.91. The number of nitrogens with zero attached hydrogens (tertiary/aromatic N) is 4. The van der Waals surface area contributed by atoms with Crippen LogP contribution >= 0.6 is 12.4 Å². The van der Waals surface area contributed by atoms with Crippen LogP contribution in [0.5, 0.6) is 0 Å². The van der Waals surface area contributed by atoms with Gasteiger partial charge in [-0.25, -0.2) is 8.42 Å². The lowest BCUT2D eigenvalue weighted by atomic mass is 9.99. The molecule has 1 aliphatic heterocycles. The fourth-order valence-corrected chi connectivity index (χ4v) is 5.83. The molecule has 1 aliphatic carbocycles. The summed E-state index contributed by atoms with van der Waals surface area (Å²) in [6.45, 7) is 3.22. The van der Waals surface area contributed by atoms with E-state index in [0.29, 0.717) is 36.4 Å². The van der Waals surface area contributed by atoms with Crippen molar-refractivity contribution in [3.63, 3.8) is 0 Å². The van der Waals surface area contributed by atoms with Crippen molar-refractivity contribution in [2.24, 2.45) is 18.7 Å². The zero-order valence-electron chi connectivity index (χ0n) is 16.3. The molecule has 4 rings (SSSR count). The minimum atomic E-state index is -3.53. The van der Waals surface area contributed by atoms with E-state index in [2.05, 4.69) is 17.1 Å². The maximum Gasteiger partial charge on any atom is 0.274 e. The summed E-state index contributed by atoms with van der Waals surface area (Å²) in [5, 5.41) is 4.07. The lowest BCUT2D eigenvalue weighted by molar-refractivity contribution is 0.281. The van der Waals surface area contributed by atoms with Crippen molar-refractivity contribution in [1.82, 2.24) is 19.0 Å². The summed E-state index contributed by atoms with van der Waals surface area (Å²) in [4.78, 5) is 4.74. The molecule has 10 heteroatoms. The molecule has 2 fully saturated rings. The third kappa shape index (κ3) is 3.72. The van der Waals surface area contributed by atoms with Crippen LogP contribution in [0.2, 0.25) is 0 Å². The SMILES string of the molecule is CC1CCCN(S(=O)(=O)c2cc(-c3nc(C4(N)CCCC4)no3)n(C)c2)C1.Cl. The molecule has 2 N–H and O–H groups in total. The summed E-state index contributed by atoms with van der Waals surface area (Å²) in [5.74, 6) is 1.19. The molecule has 3 heterocycles. The third-order valence-corrected chi connectivity index (χ3v) is 7.65. The monoisotopic (exact) mass is 429 g/mol. The van der Waals surface area contributed by atoms with Gasteiger partial charge in [-0.3, -0.25) is 0 Å². The second-order valence-corrected chi connectivity index (χ2v) is 10.0. The normalized spacial score (nSPS) is 22.9. The van der Waals surface area contributed by atoms with Crippen LogP contribution in [0.1, 0.15) is 51.3 Å². The van der Waals surface area contributed by atoms with Gasteiger partial charge >= 0.3 is 0 Å². The topological polar surface area (TPSA) is 107 Å². The molecular weight excluding hydrogens is 402 g/mol. The Labute approximate surface area is 171 Å². The fourth-order valence-electron chi connectivity index (χ4n) is 4.16. The van der Waals surface area contributed by atoms with Gasteiger partial charge < -0.3 is 14.8 Å². The lowest BCUT2D eigenvalue weighted by Crippen LogP contribution is -2.38. The van der Waals surface area contributed by atoms with Crippen LogP contribution in [-0.2, 0) is 22.6 Å². The zero-order chi connectivity index (χ0) is 19.2. The minimum Gasteiger partial charge on any atom is -0.345 e. The van der Waals surface area contributed by atoms with Crippen LogP contribution in [0.25, 0.3) is 11.6 Å². The van der Waals surface area contributed by atoms with Crippen molar-refractivity contribution in [2.45, 2.75) is 55.9 Å². The van der Waals surface area contributed by atoms with E-state index in [0.717, 1.165) is 38.5 Å². The van der Waals surface area contributed by atoms with Crippen LogP contribution in [0.4, 0.5) is 0 Å². The largest absolute Gasteiger partial charge is 0.345 e. The molecule has 2 aromatic heterocycles. The van der Waals surface area contributed by atoms with Crippen molar-refractivity contribution in [3.8, 4) is 11.6 Å². The molecule has 0 spiro atoms. The standard InChI is InChI=1S/C18H27N5O3S.ClH/c1-13-6-5-9-23(11-13)27(24,25)14-10-15(22(2)12-14)16-20-17(21-26-16)18(19)7-3-4-8-18;/h10,12-13H,3-9,11,19H2,1-2H3;1H. The molecule has 0 bridgehead atoms. The second kappa shape index (κ2) is 7.78. The predicted molar refractivity (Wildman–Crippen MR) is 107 cm³/mol. The smallest absolute Gasteiger partial charge is 0.274 e. The quantitative estimate of drug-likeness (QED) is 0.800. The van der Waals surface area contributed by atoms with Gasteiger partial charge in [-0.2, -0.15) is 9.29 Å². The number of aryl methyl sites for hydroxylation is 1. The molecule has 156 valence electrons. The Bertz CT molecular complexity index is 933. The van der Waals surface area contributed by atoms with Gasteiger partial charge in [-0.1, -0.05) is 24.9 Å². The first-order valence-electron chi connectivity index (χ1n) is 9.59. The molecule has 2 aliphatic rings. The molecule has 0 radical (unpaired) electrons. The molecule has 0 aromatic carbocycles. The van der Waals surface area contributed by atoms with Gasteiger partial charge in [-0.05, 0) is 37.7 Å². The molecule has 1 saturated heterocycles. The van der Waals surface area contributed by atoms with E-state index in [1.165, 1.54) is 0 Å². The maximum absolute atomic E-state index is 13.0. The van der Waals surface area contributed by atoms with Gasteiger partial charge in [0.05, 0.1) is 5.54 Å². The Morgan fingerprint density at radius 3 is 2.68 bits per heavy atom. The molecule has 28 heavy (non-hydrogen) atoms. The first-order valence-corrected chi connectivity index (χ1v) is 11.0. The third-order valence-electron chi connectivity index (χ3n) is 5.82. The molecule has 2 aromatic rings. The second-order valence-electron chi connectivity index (χ2n) is 8.07. The molecular formula is C18H28ClN5O3S. The lowest BCUT2D eigenvalue weighted by Gasteiger charge is -2.29. The Balaban J connectivity index is 0.00000225. The van der Waals surface area contributed by atoms with Crippen LogP contribution in [0, 0.1) is 5.92 Å². The first kappa shape index (κ1) is 21.3. The number of piperidine rings is 1. The molecule has 1 unspecified atom stereocenters. The highest BCUT2D eigenvalue weighted by molar-refractivity contribution is 7.89. The van der Waals surface area contributed by atoms with E-state index in [-0.39, 0.29) is 17.3 Å². The van der Waals surface area contributed by atoms with E-state index in [4.69, 9.17) is 10.3 Å². The predicted octanol–water partition coefficient (Wildman–Crippen LogP) is 2.65. The van der Waals surface area contributed by atoms with Crippen molar-refractivity contribution >= 4 is 22.4 Å². The van der Waals surface area contributed by atoms with Crippen molar-refractivity contribution in [2.75, 3.05) is 13.1 Å². The average Bonchev–Trinajstić information content (AvgIpc) is 3.34. The summed E-state index contributed by atoms with van der Waals surface area (Å²) in [6, 6.07) is 1.61. The zero-order valence-corrected chi connectivity index (χ0v) is 17.9. The van der Waals surface area contributed by atoms with Crippen molar-refractivity contribution in [3.05, 3.63) is 18.1 Å². The number of rotatable bonds is 4. The van der Waals surface area contributed by atoms with Gasteiger partial charge in [-0.15, -0.1) is 12.4 Å². The van der Waals surface area contributed by atoms with Crippen molar-refractivity contribution < 1.29 is 12.9 Å².